The number of nitrogens with zero attached hydrogens (tertiary/aromatic N) is 1. The lowest BCUT2D eigenvalue weighted by atomic mass is 10.2. The Bertz CT molecular complexity index is 492. The van der Waals surface area contributed by atoms with Gasteiger partial charge in [-0.05, 0) is 12.1 Å². The fourth-order valence-electron chi connectivity index (χ4n) is 2.17. The number of carbonyl (C=O) groups excluding carboxylic acids is 1. The third kappa shape index (κ3) is 2.31. The number of fused-ring (bicyclic) bond motifs is 1. The fourth-order valence-corrected chi connectivity index (χ4v) is 2.17. The van der Waals surface area contributed by atoms with Gasteiger partial charge in [-0.2, -0.15) is 0 Å². The molecule has 19 heavy (non-hydrogen) atoms. The highest BCUT2D eigenvalue weighted by Gasteiger charge is 2.31. The van der Waals surface area contributed by atoms with Crippen LogP contribution in [-0.4, -0.2) is 38.5 Å². The summed E-state index contributed by atoms with van der Waals surface area (Å²) in [5.74, 6) is 1.38. The quantitative estimate of drug-likeness (QED) is 0.866. The van der Waals surface area contributed by atoms with Gasteiger partial charge in [0.05, 0.1) is 25.4 Å². The molecule has 1 aromatic carbocycles. The highest BCUT2D eigenvalue weighted by Crippen LogP contribution is 2.34. The summed E-state index contributed by atoms with van der Waals surface area (Å²) in [5, 5.41) is 0. The molecule has 102 valence electrons. The van der Waals surface area contributed by atoms with Crippen LogP contribution in [0, 0.1) is 0 Å². The van der Waals surface area contributed by atoms with E-state index in [1.807, 2.05) is 12.1 Å². The largest absolute Gasteiger partial charge is 0.490 e. The van der Waals surface area contributed by atoms with Crippen LogP contribution in [0.25, 0.3) is 0 Å². The standard InChI is InChI=1S/C13H16N2O4/c14-7-10-8-15(13(16)19-10)9-2-3-11-12(6-9)18-5-1-4-17-11/h2-3,6,10H,1,4-5,7-8,14H2. The first-order chi connectivity index (χ1) is 9.28. The zero-order valence-corrected chi connectivity index (χ0v) is 10.5. The lowest BCUT2D eigenvalue weighted by Crippen LogP contribution is -2.27. The van der Waals surface area contributed by atoms with Crippen molar-refractivity contribution >= 4 is 11.8 Å². The highest BCUT2D eigenvalue weighted by molar-refractivity contribution is 5.90. The molecule has 1 unspecified atom stereocenters. The minimum atomic E-state index is -0.370. The predicted octanol–water partition coefficient (Wildman–Crippen LogP) is 1.13. The minimum absolute atomic E-state index is 0.247. The van der Waals surface area contributed by atoms with Crippen LogP contribution >= 0.6 is 0 Å². The van der Waals surface area contributed by atoms with Crippen LogP contribution in [0.1, 0.15) is 6.42 Å². The van der Waals surface area contributed by atoms with E-state index in [0.717, 1.165) is 12.1 Å². The number of anilines is 1. The van der Waals surface area contributed by atoms with Crippen LogP contribution in [-0.2, 0) is 4.74 Å². The maximum absolute atomic E-state index is 11.8. The molecule has 1 amide bonds. The summed E-state index contributed by atoms with van der Waals surface area (Å²) in [7, 11) is 0. The Morgan fingerprint density at radius 1 is 1.26 bits per heavy atom. The molecule has 6 heteroatoms. The molecule has 0 aromatic heterocycles. The normalized spacial score (nSPS) is 22.1. The van der Waals surface area contributed by atoms with E-state index in [9.17, 15) is 4.79 Å². The summed E-state index contributed by atoms with van der Waals surface area (Å²) in [5.41, 5.74) is 6.26. The summed E-state index contributed by atoms with van der Waals surface area (Å²) in [6, 6.07) is 5.45. The second-order valence-electron chi connectivity index (χ2n) is 4.53. The van der Waals surface area contributed by atoms with E-state index in [1.165, 1.54) is 0 Å². The van der Waals surface area contributed by atoms with Crippen molar-refractivity contribution < 1.29 is 19.0 Å². The molecule has 0 spiro atoms. The van der Waals surface area contributed by atoms with Crippen LogP contribution in [0.3, 0.4) is 0 Å². The first kappa shape index (κ1) is 12.1. The van der Waals surface area contributed by atoms with Crippen molar-refractivity contribution in [2.24, 2.45) is 5.73 Å². The third-order valence-electron chi connectivity index (χ3n) is 3.18. The summed E-state index contributed by atoms with van der Waals surface area (Å²) in [6.45, 7) is 2.06. The van der Waals surface area contributed by atoms with E-state index in [2.05, 4.69) is 0 Å². The van der Waals surface area contributed by atoms with Gasteiger partial charge in [-0.25, -0.2) is 4.79 Å². The molecule has 1 atom stereocenters. The topological polar surface area (TPSA) is 74.0 Å². The van der Waals surface area contributed by atoms with Crippen molar-refractivity contribution in [2.45, 2.75) is 12.5 Å². The fraction of sp³-hybridized carbons (Fsp3) is 0.462. The average Bonchev–Trinajstić information content (AvgIpc) is 2.66. The maximum atomic E-state index is 11.8. The Labute approximate surface area is 111 Å². The lowest BCUT2D eigenvalue weighted by Gasteiger charge is -2.15. The first-order valence-electron chi connectivity index (χ1n) is 6.36. The summed E-state index contributed by atoms with van der Waals surface area (Å²) in [6.07, 6.45) is 0.235. The predicted molar refractivity (Wildman–Crippen MR) is 68.7 cm³/mol. The number of rotatable bonds is 2. The molecule has 2 aliphatic rings. The summed E-state index contributed by atoms with van der Waals surface area (Å²) < 4.78 is 16.3. The summed E-state index contributed by atoms with van der Waals surface area (Å²) >= 11 is 0. The number of nitrogens with two attached hydrogens (primary N) is 1. The van der Waals surface area contributed by atoms with Gasteiger partial charge in [0.15, 0.2) is 11.5 Å². The Morgan fingerprint density at radius 2 is 2.05 bits per heavy atom. The SMILES string of the molecule is NCC1CN(c2ccc3c(c2)OCCCO3)C(=O)O1. The number of cyclic esters (lactones) is 1. The number of benzene rings is 1. The molecule has 3 rings (SSSR count). The van der Waals surface area contributed by atoms with Gasteiger partial charge in [0, 0.05) is 19.0 Å². The van der Waals surface area contributed by atoms with Crippen molar-refractivity contribution in [3.05, 3.63) is 18.2 Å². The van der Waals surface area contributed by atoms with E-state index in [-0.39, 0.29) is 12.2 Å². The van der Waals surface area contributed by atoms with Gasteiger partial charge in [-0.15, -0.1) is 0 Å². The molecule has 1 saturated heterocycles. The van der Waals surface area contributed by atoms with Crippen LogP contribution in [0.2, 0.25) is 0 Å². The molecule has 2 N–H and O–H groups in total. The average molecular weight is 264 g/mol. The molecular weight excluding hydrogens is 248 g/mol. The Balaban J connectivity index is 1.86. The number of amides is 1. The second-order valence-corrected chi connectivity index (χ2v) is 4.53. The molecule has 0 saturated carbocycles. The zero-order valence-electron chi connectivity index (χ0n) is 10.5. The number of ether oxygens (including phenoxy) is 3. The molecule has 2 heterocycles. The highest BCUT2D eigenvalue weighted by atomic mass is 16.6. The van der Waals surface area contributed by atoms with Crippen molar-refractivity contribution in [2.75, 3.05) is 31.2 Å². The van der Waals surface area contributed by atoms with Crippen LogP contribution < -0.4 is 20.1 Å². The van der Waals surface area contributed by atoms with Gasteiger partial charge >= 0.3 is 6.09 Å². The van der Waals surface area contributed by atoms with E-state index in [0.29, 0.717) is 37.8 Å². The monoisotopic (exact) mass is 264 g/mol. The molecule has 1 aromatic rings. The van der Waals surface area contributed by atoms with Gasteiger partial charge in [-0.1, -0.05) is 0 Å². The molecule has 6 nitrogen and oxygen atoms in total. The van der Waals surface area contributed by atoms with E-state index >= 15 is 0 Å². The second kappa shape index (κ2) is 4.97. The van der Waals surface area contributed by atoms with Crippen LogP contribution in [0.5, 0.6) is 11.5 Å². The van der Waals surface area contributed by atoms with Gasteiger partial charge < -0.3 is 19.9 Å². The number of carbonyl (C=O) groups is 1. The van der Waals surface area contributed by atoms with Crippen LogP contribution in [0.4, 0.5) is 10.5 Å². The molecule has 0 aliphatic carbocycles. The summed E-state index contributed by atoms with van der Waals surface area (Å²) in [4.78, 5) is 13.3. The van der Waals surface area contributed by atoms with Gasteiger partial charge in [0.1, 0.15) is 6.10 Å². The maximum Gasteiger partial charge on any atom is 0.414 e. The van der Waals surface area contributed by atoms with Crippen molar-refractivity contribution in [3.63, 3.8) is 0 Å². The Kier molecular flexibility index (Phi) is 3.16. The van der Waals surface area contributed by atoms with Gasteiger partial charge in [0.2, 0.25) is 0 Å². The van der Waals surface area contributed by atoms with Crippen molar-refractivity contribution in [1.29, 1.82) is 0 Å². The first-order valence-corrected chi connectivity index (χ1v) is 6.36. The van der Waals surface area contributed by atoms with Crippen molar-refractivity contribution in [1.82, 2.24) is 0 Å². The van der Waals surface area contributed by atoms with E-state index < -0.39 is 0 Å². The third-order valence-corrected chi connectivity index (χ3v) is 3.18. The molecule has 2 aliphatic heterocycles. The zero-order chi connectivity index (χ0) is 13.2. The van der Waals surface area contributed by atoms with Crippen LogP contribution in [0.15, 0.2) is 18.2 Å². The number of hydrogen-bond acceptors (Lipinski definition) is 5. The van der Waals surface area contributed by atoms with Crippen molar-refractivity contribution in [3.8, 4) is 11.5 Å². The van der Waals surface area contributed by atoms with E-state index in [4.69, 9.17) is 19.9 Å². The molecule has 0 radical (unpaired) electrons. The lowest BCUT2D eigenvalue weighted by molar-refractivity contribution is 0.145. The molecular formula is C13H16N2O4. The Hall–Kier alpha value is -1.95. The molecule has 1 fully saturated rings. The van der Waals surface area contributed by atoms with Gasteiger partial charge in [-0.3, -0.25) is 4.90 Å². The molecule has 0 bridgehead atoms. The smallest absolute Gasteiger partial charge is 0.414 e. The number of hydrogen-bond donors (Lipinski definition) is 1. The minimum Gasteiger partial charge on any atom is -0.490 e. The Morgan fingerprint density at radius 3 is 2.79 bits per heavy atom. The van der Waals surface area contributed by atoms with Gasteiger partial charge in [0.25, 0.3) is 0 Å². The van der Waals surface area contributed by atoms with E-state index in [1.54, 1.807) is 11.0 Å².